The first-order valence-electron chi connectivity index (χ1n) is 7.14. The van der Waals surface area contributed by atoms with Crippen molar-refractivity contribution >= 4 is 11.3 Å². The van der Waals surface area contributed by atoms with Gasteiger partial charge in [-0.3, -0.25) is 0 Å². The first-order chi connectivity index (χ1) is 9.79. The van der Waals surface area contributed by atoms with Gasteiger partial charge >= 0.3 is 0 Å². The van der Waals surface area contributed by atoms with Gasteiger partial charge in [0.25, 0.3) is 0 Å². The highest BCUT2D eigenvalue weighted by Crippen LogP contribution is 2.22. The molecule has 0 saturated heterocycles. The van der Waals surface area contributed by atoms with E-state index in [0.717, 1.165) is 32.6 Å². The summed E-state index contributed by atoms with van der Waals surface area (Å²) in [5, 5.41) is 3.19. The predicted molar refractivity (Wildman–Crippen MR) is 86.2 cm³/mol. The van der Waals surface area contributed by atoms with Crippen LogP contribution in [-0.4, -0.2) is 13.7 Å². The summed E-state index contributed by atoms with van der Waals surface area (Å²) in [4.78, 5) is 2.76. The highest BCUT2D eigenvalue weighted by Gasteiger charge is 2.05. The van der Waals surface area contributed by atoms with E-state index in [1.807, 2.05) is 18.4 Å². The molecule has 0 aliphatic rings. The Kier molecular flexibility index (Phi) is 6.25. The van der Waals surface area contributed by atoms with Gasteiger partial charge in [-0.1, -0.05) is 30.3 Å². The van der Waals surface area contributed by atoms with Gasteiger partial charge in [0.15, 0.2) is 0 Å². The van der Waals surface area contributed by atoms with Crippen LogP contribution in [0.15, 0.2) is 36.4 Å². The second-order valence-corrected chi connectivity index (χ2v) is 6.31. The van der Waals surface area contributed by atoms with Crippen molar-refractivity contribution in [2.75, 3.05) is 13.7 Å². The molecule has 1 aromatic heterocycles. The van der Waals surface area contributed by atoms with Gasteiger partial charge in [-0.2, -0.15) is 0 Å². The molecule has 2 aromatic rings. The van der Waals surface area contributed by atoms with Crippen LogP contribution in [0.3, 0.4) is 0 Å². The van der Waals surface area contributed by atoms with Crippen LogP contribution in [0.4, 0.5) is 0 Å². The normalized spacial score (nSPS) is 10.9. The minimum absolute atomic E-state index is 0.737. The molecule has 0 bridgehead atoms. The molecule has 1 aromatic carbocycles. The molecule has 0 aliphatic carbocycles. The zero-order valence-electron chi connectivity index (χ0n) is 12.3. The van der Waals surface area contributed by atoms with E-state index < -0.39 is 0 Å². The zero-order chi connectivity index (χ0) is 14.2. The Balaban J connectivity index is 1.68. The Morgan fingerprint density at radius 2 is 2.00 bits per heavy atom. The molecule has 0 spiro atoms. The molecule has 0 radical (unpaired) electrons. The Morgan fingerprint density at radius 1 is 1.20 bits per heavy atom. The number of rotatable bonds is 8. The molecule has 1 heterocycles. The molecular formula is C17H23NOS. The summed E-state index contributed by atoms with van der Waals surface area (Å²) in [5.74, 6) is 0. The van der Waals surface area contributed by atoms with Crippen molar-refractivity contribution in [3.05, 3.63) is 57.3 Å². The molecule has 0 saturated carbocycles. The van der Waals surface area contributed by atoms with Gasteiger partial charge in [-0.05, 0) is 44.0 Å². The summed E-state index contributed by atoms with van der Waals surface area (Å²) >= 11 is 1.86. The van der Waals surface area contributed by atoms with Crippen LogP contribution in [0.2, 0.25) is 0 Å². The van der Waals surface area contributed by atoms with Gasteiger partial charge in [-0.25, -0.2) is 0 Å². The number of hydrogen-bond donors (Lipinski definition) is 1. The van der Waals surface area contributed by atoms with Gasteiger partial charge in [0, 0.05) is 22.9 Å². The fourth-order valence-electron chi connectivity index (χ4n) is 2.20. The lowest BCUT2D eigenvalue weighted by atomic mass is 10.1. The van der Waals surface area contributed by atoms with Gasteiger partial charge in [0.05, 0.1) is 6.61 Å². The molecule has 3 heteroatoms. The van der Waals surface area contributed by atoms with Crippen molar-refractivity contribution in [3.8, 4) is 0 Å². The first-order valence-corrected chi connectivity index (χ1v) is 7.95. The maximum Gasteiger partial charge on any atom is 0.0727 e. The predicted octanol–water partition coefficient (Wildman–Crippen LogP) is 3.93. The number of hydrogen-bond acceptors (Lipinski definition) is 3. The second kappa shape index (κ2) is 8.20. The van der Waals surface area contributed by atoms with Crippen LogP contribution < -0.4 is 5.32 Å². The van der Waals surface area contributed by atoms with Crippen LogP contribution in [0, 0.1) is 6.92 Å². The Hall–Kier alpha value is -1.16. The summed E-state index contributed by atoms with van der Waals surface area (Å²) in [5.41, 5.74) is 2.72. The Morgan fingerprint density at radius 3 is 2.75 bits per heavy atom. The lowest BCUT2D eigenvalue weighted by Gasteiger charge is -2.04. The summed E-state index contributed by atoms with van der Waals surface area (Å²) < 4.78 is 5.80. The van der Waals surface area contributed by atoms with Crippen molar-refractivity contribution < 1.29 is 4.74 Å². The third kappa shape index (κ3) is 4.75. The fourth-order valence-corrected chi connectivity index (χ4v) is 3.26. The molecule has 0 fully saturated rings. The quantitative estimate of drug-likeness (QED) is 0.744. The van der Waals surface area contributed by atoms with Crippen LogP contribution in [0.1, 0.15) is 27.3 Å². The van der Waals surface area contributed by atoms with Crippen LogP contribution in [0.25, 0.3) is 0 Å². The van der Waals surface area contributed by atoms with Crippen molar-refractivity contribution in [1.29, 1.82) is 0 Å². The Labute approximate surface area is 125 Å². The van der Waals surface area contributed by atoms with E-state index in [2.05, 4.69) is 48.6 Å². The smallest absolute Gasteiger partial charge is 0.0727 e. The summed E-state index contributed by atoms with van der Waals surface area (Å²) in [7, 11) is 1.98. The van der Waals surface area contributed by atoms with E-state index in [9.17, 15) is 0 Å². The summed E-state index contributed by atoms with van der Waals surface area (Å²) in [6.07, 6.45) is 2.17. The number of aryl methyl sites for hydroxylation is 2. The highest BCUT2D eigenvalue weighted by molar-refractivity contribution is 7.12. The molecule has 2 rings (SSSR count). The summed E-state index contributed by atoms with van der Waals surface area (Å²) in [6.45, 7) is 4.68. The molecule has 1 N–H and O–H groups in total. The maximum atomic E-state index is 5.80. The van der Waals surface area contributed by atoms with Gasteiger partial charge in [-0.15, -0.1) is 11.3 Å². The molecule has 0 unspecified atom stereocenters. The molecular weight excluding hydrogens is 266 g/mol. The second-order valence-electron chi connectivity index (χ2n) is 4.97. The van der Waals surface area contributed by atoms with E-state index >= 15 is 0 Å². The van der Waals surface area contributed by atoms with E-state index in [0.29, 0.717) is 0 Å². The van der Waals surface area contributed by atoms with Crippen molar-refractivity contribution in [2.45, 2.75) is 32.9 Å². The van der Waals surface area contributed by atoms with E-state index in [4.69, 9.17) is 4.74 Å². The number of nitrogens with one attached hydrogen (secondary N) is 1. The highest BCUT2D eigenvalue weighted by atomic mass is 32.1. The number of thiophene rings is 1. The van der Waals surface area contributed by atoms with Crippen molar-refractivity contribution in [2.24, 2.45) is 0 Å². The van der Waals surface area contributed by atoms with Gasteiger partial charge in [0.1, 0.15) is 0 Å². The standard InChI is InChI=1S/C17H23NOS/c1-14-16(11-17(20-14)12-18-2)13-19-10-6-9-15-7-4-3-5-8-15/h3-5,7-8,11,18H,6,9-10,12-13H2,1-2H3. The van der Waals surface area contributed by atoms with Crippen LogP contribution in [-0.2, 0) is 24.3 Å². The first kappa shape index (κ1) is 15.2. The van der Waals surface area contributed by atoms with E-state index in [-0.39, 0.29) is 0 Å². The molecule has 108 valence electrons. The molecule has 0 atom stereocenters. The topological polar surface area (TPSA) is 21.3 Å². The largest absolute Gasteiger partial charge is 0.377 e. The van der Waals surface area contributed by atoms with Crippen LogP contribution in [0.5, 0.6) is 0 Å². The molecule has 2 nitrogen and oxygen atoms in total. The molecule has 0 aliphatic heterocycles. The fraction of sp³-hybridized carbons (Fsp3) is 0.412. The number of benzene rings is 1. The van der Waals surface area contributed by atoms with Crippen molar-refractivity contribution in [3.63, 3.8) is 0 Å². The monoisotopic (exact) mass is 289 g/mol. The lowest BCUT2D eigenvalue weighted by Crippen LogP contribution is -2.02. The van der Waals surface area contributed by atoms with E-state index in [1.54, 1.807) is 0 Å². The minimum atomic E-state index is 0.737. The zero-order valence-corrected chi connectivity index (χ0v) is 13.1. The van der Waals surface area contributed by atoms with Crippen LogP contribution >= 0.6 is 11.3 Å². The molecule has 0 amide bonds. The maximum absolute atomic E-state index is 5.80. The summed E-state index contributed by atoms with van der Waals surface area (Å²) in [6, 6.07) is 12.8. The van der Waals surface area contributed by atoms with E-state index in [1.165, 1.54) is 20.9 Å². The SMILES string of the molecule is CNCc1cc(COCCCc2ccccc2)c(C)s1. The third-order valence-electron chi connectivity index (χ3n) is 3.28. The Bertz CT molecular complexity index is 507. The van der Waals surface area contributed by atoms with Gasteiger partial charge in [0.2, 0.25) is 0 Å². The average Bonchev–Trinajstić information content (AvgIpc) is 2.80. The molecule has 20 heavy (non-hydrogen) atoms. The minimum Gasteiger partial charge on any atom is -0.377 e. The third-order valence-corrected chi connectivity index (χ3v) is 4.37. The lowest BCUT2D eigenvalue weighted by molar-refractivity contribution is 0.118. The van der Waals surface area contributed by atoms with Gasteiger partial charge < -0.3 is 10.1 Å². The average molecular weight is 289 g/mol. The number of ether oxygens (including phenoxy) is 1. The van der Waals surface area contributed by atoms with Crippen molar-refractivity contribution in [1.82, 2.24) is 5.32 Å².